The van der Waals surface area contributed by atoms with Gasteiger partial charge < -0.3 is 14.7 Å². The monoisotopic (exact) mass is 205 g/mol. The highest BCUT2D eigenvalue weighted by Gasteiger charge is 2.04. The zero-order chi connectivity index (χ0) is 10.5. The van der Waals surface area contributed by atoms with Crippen LogP contribution in [0.1, 0.15) is 11.5 Å². The van der Waals surface area contributed by atoms with E-state index < -0.39 is 0 Å². The molecule has 0 unspecified atom stereocenters. The molecule has 15 heavy (non-hydrogen) atoms. The molecule has 2 heterocycles. The summed E-state index contributed by atoms with van der Waals surface area (Å²) in [7, 11) is 0. The molecular formula is C10H11N3O2. The molecule has 0 aliphatic carbocycles. The van der Waals surface area contributed by atoms with Crippen molar-refractivity contribution in [3.63, 3.8) is 0 Å². The van der Waals surface area contributed by atoms with Gasteiger partial charge in [-0.15, -0.1) is 0 Å². The Kier molecular flexibility index (Phi) is 2.82. The number of nitrogens with one attached hydrogen (secondary N) is 2. The minimum Gasteiger partial charge on any atom is -0.467 e. The summed E-state index contributed by atoms with van der Waals surface area (Å²) in [6.07, 6.45) is 5.07. The molecule has 0 spiro atoms. The summed E-state index contributed by atoms with van der Waals surface area (Å²) >= 11 is 0. The SMILES string of the molecule is O=C(Cc1cnc[nH]1)NCc1ccco1. The third-order valence-electron chi connectivity index (χ3n) is 1.95. The van der Waals surface area contributed by atoms with Crippen LogP contribution in [0.25, 0.3) is 0 Å². The number of rotatable bonds is 4. The Morgan fingerprint density at radius 2 is 2.53 bits per heavy atom. The first-order valence-corrected chi connectivity index (χ1v) is 4.61. The normalized spacial score (nSPS) is 10.1. The van der Waals surface area contributed by atoms with Gasteiger partial charge >= 0.3 is 0 Å². The van der Waals surface area contributed by atoms with Crippen LogP contribution in [-0.2, 0) is 17.8 Å². The maximum Gasteiger partial charge on any atom is 0.226 e. The van der Waals surface area contributed by atoms with Crippen molar-refractivity contribution in [1.82, 2.24) is 15.3 Å². The minimum atomic E-state index is -0.0596. The summed E-state index contributed by atoms with van der Waals surface area (Å²) < 4.78 is 5.08. The molecule has 0 saturated heterocycles. The fourth-order valence-corrected chi connectivity index (χ4v) is 1.22. The number of nitrogens with zero attached hydrogens (tertiary/aromatic N) is 1. The van der Waals surface area contributed by atoms with Gasteiger partial charge in [-0.3, -0.25) is 4.79 Å². The predicted octanol–water partition coefficient (Wildman–Crippen LogP) is 0.862. The van der Waals surface area contributed by atoms with Gasteiger partial charge in [-0.2, -0.15) is 0 Å². The van der Waals surface area contributed by atoms with Crippen LogP contribution in [0.15, 0.2) is 35.3 Å². The Morgan fingerprint density at radius 1 is 1.60 bits per heavy atom. The highest BCUT2D eigenvalue weighted by Crippen LogP contribution is 1.99. The number of imidazole rings is 1. The predicted molar refractivity (Wildman–Crippen MR) is 52.8 cm³/mol. The van der Waals surface area contributed by atoms with Crippen molar-refractivity contribution in [2.24, 2.45) is 0 Å². The number of carbonyl (C=O) groups excluding carboxylic acids is 1. The highest BCUT2D eigenvalue weighted by atomic mass is 16.3. The average Bonchev–Trinajstić information content (AvgIpc) is 2.86. The smallest absolute Gasteiger partial charge is 0.226 e. The fraction of sp³-hybridized carbons (Fsp3) is 0.200. The largest absolute Gasteiger partial charge is 0.467 e. The van der Waals surface area contributed by atoms with Crippen LogP contribution >= 0.6 is 0 Å². The third-order valence-corrected chi connectivity index (χ3v) is 1.95. The van der Waals surface area contributed by atoms with Gasteiger partial charge in [0.2, 0.25) is 5.91 Å². The molecule has 0 aliphatic rings. The van der Waals surface area contributed by atoms with Crippen molar-refractivity contribution in [2.75, 3.05) is 0 Å². The van der Waals surface area contributed by atoms with Crippen LogP contribution in [0, 0.1) is 0 Å². The van der Waals surface area contributed by atoms with E-state index in [1.807, 2.05) is 6.07 Å². The quantitative estimate of drug-likeness (QED) is 0.777. The number of amides is 1. The van der Waals surface area contributed by atoms with Crippen LogP contribution in [0.3, 0.4) is 0 Å². The number of H-pyrrole nitrogens is 1. The van der Waals surface area contributed by atoms with Gasteiger partial charge in [-0.25, -0.2) is 4.98 Å². The Bertz CT molecular complexity index is 406. The van der Waals surface area contributed by atoms with E-state index in [-0.39, 0.29) is 5.91 Å². The molecule has 0 bridgehead atoms. The third kappa shape index (κ3) is 2.70. The van der Waals surface area contributed by atoms with E-state index in [2.05, 4.69) is 15.3 Å². The lowest BCUT2D eigenvalue weighted by atomic mass is 10.3. The molecular weight excluding hydrogens is 194 g/mol. The second kappa shape index (κ2) is 4.45. The van der Waals surface area contributed by atoms with Crippen LogP contribution in [0.4, 0.5) is 0 Å². The topological polar surface area (TPSA) is 70.9 Å². The Labute approximate surface area is 86.5 Å². The molecule has 0 saturated carbocycles. The first-order chi connectivity index (χ1) is 7.34. The summed E-state index contributed by atoms with van der Waals surface area (Å²) in [5, 5.41) is 2.74. The van der Waals surface area contributed by atoms with Crippen molar-refractivity contribution < 1.29 is 9.21 Å². The van der Waals surface area contributed by atoms with Crippen LogP contribution in [0.2, 0.25) is 0 Å². The van der Waals surface area contributed by atoms with Crippen LogP contribution in [0.5, 0.6) is 0 Å². The fourth-order valence-electron chi connectivity index (χ4n) is 1.22. The van der Waals surface area contributed by atoms with Gasteiger partial charge in [0, 0.05) is 11.9 Å². The molecule has 0 fully saturated rings. The first kappa shape index (κ1) is 9.51. The number of aromatic nitrogens is 2. The molecule has 2 rings (SSSR count). The average molecular weight is 205 g/mol. The molecule has 2 aromatic rings. The molecule has 0 aromatic carbocycles. The lowest BCUT2D eigenvalue weighted by molar-refractivity contribution is -0.120. The Balaban J connectivity index is 1.78. The molecule has 0 aliphatic heterocycles. The van der Waals surface area contributed by atoms with Gasteiger partial charge in [0.05, 0.1) is 25.6 Å². The molecule has 0 radical (unpaired) electrons. The summed E-state index contributed by atoms with van der Waals surface area (Å²) in [4.78, 5) is 18.1. The second-order valence-corrected chi connectivity index (χ2v) is 3.11. The van der Waals surface area contributed by atoms with Gasteiger partial charge in [-0.1, -0.05) is 0 Å². The number of hydrogen-bond donors (Lipinski definition) is 2. The zero-order valence-electron chi connectivity index (χ0n) is 8.06. The van der Waals surface area contributed by atoms with Crippen molar-refractivity contribution >= 4 is 5.91 Å². The summed E-state index contributed by atoms with van der Waals surface area (Å²) in [5.41, 5.74) is 0.798. The standard InChI is InChI=1S/C10H11N3O2/c14-10(4-8-5-11-7-13-8)12-6-9-2-1-3-15-9/h1-3,5,7H,4,6H2,(H,11,13)(H,12,14). The summed E-state index contributed by atoms with van der Waals surface area (Å²) in [5.74, 6) is 0.684. The van der Waals surface area contributed by atoms with Crippen LogP contribution < -0.4 is 5.32 Å². The van der Waals surface area contributed by atoms with Gasteiger partial charge in [-0.05, 0) is 12.1 Å². The van der Waals surface area contributed by atoms with Crippen molar-refractivity contribution in [3.8, 4) is 0 Å². The first-order valence-electron chi connectivity index (χ1n) is 4.61. The zero-order valence-corrected chi connectivity index (χ0v) is 8.06. The maximum atomic E-state index is 11.4. The Hall–Kier alpha value is -2.04. The molecule has 1 amide bonds. The van der Waals surface area contributed by atoms with Gasteiger partial charge in [0.15, 0.2) is 0 Å². The molecule has 78 valence electrons. The van der Waals surface area contributed by atoms with Crippen molar-refractivity contribution in [2.45, 2.75) is 13.0 Å². The lowest BCUT2D eigenvalue weighted by Crippen LogP contribution is -2.24. The maximum absolute atomic E-state index is 11.4. The van der Waals surface area contributed by atoms with E-state index in [1.54, 1.807) is 24.9 Å². The van der Waals surface area contributed by atoms with Gasteiger partial charge in [0.1, 0.15) is 5.76 Å². The minimum absolute atomic E-state index is 0.0596. The Morgan fingerprint density at radius 3 is 3.20 bits per heavy atom. The van der Waals surface area contributed by atoms with E-state index in [0.717, 1.165) is 11.5 Å². The van der Waals surface area contributed by atoms with Crippen LogP contribution in [-0.4, -0.2) is 15.9 Å². The van der Waals surface area contributed by atoms with E-state index >= 15 is 0 Å². The number of hydrogen-bond acceptors (Lipinski definition) is 3. The number of furan rings is 1. The molecule has 0 atom stereocenters. The lowest BCUT2D eigenvalue weighted by Gasteiger charge is -2.01. The van der Waals surface area contributed by atoms with E-state index in [9.17, 15) is 4.79 Å². The van der Waals surface area contributed by atoms with Crippen molar-refractivity contribution in [3.05, 3.63) is 42.4 Å². The van der Waals surface area contributed by atoms with E-state index in [4.69, 9.17) is 4.42 Å². The van der Waals surface area contributed by atoms with E-state index in [1.165, 1.54) is 0 Å². The number of carbonyl (C=O) groups is 1. The molecule has 2 N–H and O–H groups in total. The van der Waals surface area contributed by atoms with E-state index in [0.29, 0.717) is 13.0 Å². The second-order valence-electron chi connectivity index (χ2n) is 3.11. The highest BCUT2D eigenvalue weighted by molar-refractivity contribution is 5.77. The molecule has 2 aromatic heterocycles. The molecule has 5 nitrogen and oxygen atoms in total. The number of aromatic amines is 1. The summed E-state index contributed by atoms with van der Waals surface area (Å²) in [6, 6.07) is 3.60. The summed E-state index contributed by atoms with van der Waals surface area (Å²) in [6.45, 7) is 0.417. The molecule has 5 heteroatoms. The van der Waals surface area contributed by atoms with Crippen molar-refractivity contribution in [1.29, 1.82) is 0 Å². The van der Waals surface area contributed by atoms with Gasteiger partial charge in [0.25, 0.3) is 0 Å².